The third-order valence-electron chi connectivity index (χ3n) is 3.29. The first-order chi connectivity index (χ1) is 9.74. The average Bonchev–Trinajstić information content (AvgIpc) is 2.49. The predicted octanol–water partition coefficient (Wildman–Crippen LogP) is 1.96. The summed E-state index contributed by atoms with van der Waals surface area (Å²) >= 11 is 5.67. The van der Waals surface area contributed by atoms with Gasteiger partial charge in [-0.15, -0.1) is 10.2 Å². The zero-order valence-electron chi connectivity index (χ0n) is 10.6. The number of hydrogen-bond acceptors (Lipinski definition) is 4. The molecule has 1 aromatic carbocycles. The van der Waals surface area contributed by atoms with Crippen molar-refractivity contribution in [3.05, 3.63) is 52.7 Å². The van der Waals surface area contributed by atoms with Gasteiger partial charge in [-0.3, -0.25) is 4.79 Å². The van der Waals surface area contributed by atoms with E-state index in [1.54, 1.807) is 12.1 Å². The predicted molar refractivity (Wildman–Crippen MR) is 76.6 cm³/mol. The summed E-state index contributed by atoms with van der Waals surface area (Å²) in [5.74, 6) is 0.0844. The maximum absolute atomic E-state index is 12.4. The van der Waals surface area contributed by atoms with E-state index < -0.39 is 0 Å². The van der Waals surface area contributed by atoms with Gasteiger partial charge < -0.3 is 10.6 Å². The van der Waals surface area contributed by atoms with Crippen molar-refractivity contribution in [2.24, 2.45) is 0 Å². The van der Waals surface area contributed by atoms with Gasteiger partial charge in [0.25, 0.3) is 0 Å². The highest BCUT2D eigenvalue weighted by Crippen LogP contribution is 2.24. The van der Waals surface area contributed by atoms with Crippen LogP contribution in [0.2, 0.25) is 5.15 Å². The van der Waals surface area contributed by atoms with Crippen LogP contribution in [-0.4, -0.2) is 22.6 Å². The number of hydrogen-bond donors (Lipinski definition) is 2. The molecular formula is C14H13ClN4O. The van der Waals surface area contributed by atoms with Crippen molar-refractivity contribution in [3.8, 4) is 0 Å². The molecule has 2 aromatic rings. The molecule has 2 N–H and O–H groups in total. The van der Waals surface area contributed by atoms with Gasteiger partial charge in [-0.05, 0) is 23.3 Å². The first-order valence-electron chi connectivity index (χ1n) is 6.32. The van der Waals surface area contributed by atoms with Gasteiger partial charge in [-0.1, -0.05) is 35.9 Å². The number of halogens is 1. The number of fused-ring (bicyclic) bond motifs is 1. The second kappa shape index (κ2) is 5.56. The molecule has 5 nitrogen and oxygen atoms in total. The van der Waals surface area contributed by atoms with Gasteiger partial charge in [0.15, 0.2) is 11.0 Å². The van der Waals surface area contributed by atoms with Crippen LogP contribution in [0.15, 0.2) is 36.4 Å². The first kappa shape index (κ1) is 13.0. The average molecular weight is 289 g/mol. The van der Waals surface area contributed by atoms with Gasteiger partial charge in [-0.25, -0.2) is 0 Å². The molecule has 1 unspecified atom stereocenters. The lowest BCUT2D eigenvalue weighted by molar-refractivity contribution is -0.117. The Morgan fingerprint density at radius 3 is 2.90 bits per heavy atom. The molecule has 102 valence electrons. The minimum absolute atomic E-state index is 0.0960. The van der Waals surface area contributed by atoms with E-state index in [9.17, 15) is 4.79 Å². The quantitative estimate of drug-likeness (QED) is 0.886. The van der Waals surface area contributed by atoms with Crippen molar-refractivity contribution in [1.82, 2.24) is 15.5 Å². The highest BCUT2D eigenvalue weighted by Gasteiger charge is 2.26. The number of benzene rings is 1. The Labute approximate surface area is 121 Å². The van der Waals surface area contributed by atoms with Crippen molar-refractivity contribution in [2.45, 2.75) is 12.5 Å². The second-order valence-electron chi connectivity index (χ2n) is 4.61. The van der Waals surface area contributed by atoms with Crippen LogP contribution in [0.5, 0.6) is 0 Å². The van der Waals surface area contributed by atoms with Crippen molar-refractivity contribution < 1.29 is 4.79 Å². The number of carbonyl (C=O) groups is 1. The molecule has 2 heterocycles. The highest BCUT2D eigenvalue weighted by atomic mass is 35.5. The summed E-state index contributed by atoms with van der Waals surface area (Å²) in [5, 5.41) is 13.9. The molecule has 3 rings (SSSR count). The Morgan fingerprint density at radius 1 is 1.25 bits per heavy atom. The van der Waals surface area contributed by atoms with Crippen molar-refractivity contribution in [2.75, 3.05) is 11.9 Å². The summed E-state index contributed by atoms with van der Waals surface area (Å²) in [7, 11) is 0. The van der Waals surface area contributed by atoms with E-state index in [-0.39, 0.29) is 11.8 Å². The Hall–Kier alpha value is -1.98. The van der Waals surface area contributed by atoms with E-state index in [4.69, 9.17) is 11.6 Å². The molecule has 1 amide bonds. The van der Waals surface area contributed by atoms with Crippen molar-refractivity contribution in [3.63, 3.8) is 0 Å². The normalized spacial score (nSPS) is 17.4. The van der Waals surface area contributed by atoms with E-state index >= 15 is 0 Å². The minimum Gasteiger partial charge on any atom is -0.312 e. The van der Waals surface area contributed by atoms with Crippen LogP contribution >= 0.6 is 11.6 Å². The molecule has 6 heteroatoms. The standard InChI is InChI=1S/C14H13ClN4O/c15-12-5-6-13(19-18-12)17-14(20)11-8-16-7-9-3-1-2-4-10(9)11/h1-6,11,16H,7-8H2,(H,17,19,20). The summed E-state index contributed by atoms with van der Waals surface area (Å²) in [6.07, 6.45) is 0. The Kier molecular flexibility index (Phi) is 3.62. The molecule has 0 spiro atoms. The van der Waals surface area contributed by atoms with Gasteiger partial charge in [0.05, 0.1) is 5.92 Å². The number of rotatable bonds is 2. The molecule has 0 saturated carbocycles. The maximum atomic E-state index is 12.4. The van der Waals surface area contributed by atoms with Crippen LogP contribution in [0.25, 0.3) is 0 Å². The number of carbonyl (C=O) groups excluding carboxylic acids is 1. The second-order valence-corrected chi connectivity index (χ2v) is 5.00. The number of amides is 1. The number of anilines is 1. The van der Waals surface area contributed by atoms with Gasteiger partial charge >= 0.3 is 0 Å². The molecule has 0 saturated heterocycles. The van der Waals surface area contributed by atoms with Crippen molar-refractivity contribution in [1.29, 1.82) is 0 Å². The largest absolute Gasteiger partial charge is 0.312 e. The summed E-state index contributed by atoms with van der Waals surface area (Å²) < 4.78 is 0. The first-order valence-corrected chi connectivity index (χ1v) is 6.70. The zero-order valence-corrected chi connectivity index (χ0v) is 11.4. The maximum Gasteiger partial charge on any atom is 0.234 e. The molecule has 20 heavy (non-hydrogen) atoms. The fourth-order valence-electron chi connectivity index (χ4n) is 2.33. The fraction of sp³-hybridized carbons (Fsp3) is 0.214. The van der Waals surface area contributed by atoms with E-state index in [0.29, 0.717) is 17.5 Å². The lowest BCUT2D eigenvalue weighted by atomic mass is 9.90. The fourth-order valence-corrected chi connectivity index (χ4v) is 2.43. The lowest BCUT2D eigenvalue weighted by Crippen LogP contribution is -2.35. The third-order valence-corrected chi connectivity index (χ3v) is 3.50. The Bertz CT molecular complexity index is 629. The van der Waals surface area contributed by atoms with E-state index in [1.165, 1.54) is 0 Å². The molecule has 0 aliphatic carbocycles. The molecule has 1 aliphatic heterocycles. The van der Waals surface area contributed by atoms with Crippen LogP contribution in [0, 0.1) is 0 Å². The Balaban J connectivity index is 1.80. The van der Waals surface area contributed by atoms with Gasteiger partial charge in [0.2, 0.25) is 5.91 Å². The molecule has 0 radical (unpaired) electrons. The topological polar surface area (TPSA) is 66.9 Å². The van der Waals surface area contributed by atoms with Crippen molar-refractivity contribution >= 4 is 23.3 Å². The number of nitrogens with one attached hydrogen (secondary N) is 2. The summed E-state index contributed by atoms with van der Waals surface area (Å²) in [6, 6.07) is 11.2. The lowest BCUT2D eigenvalue weighted by Gasteiger charge is -2.25. The minimum atomic E-state index is -0.225. The Morgan fingerprint density at radius 2 is 2.10 bits per heavy atom. The van der Waals surface area contributed by atoms with E-state index in [0.717, 1.165) is 17.7 Å². The summed E-state index contributed by atoms with van der Waals surface area (Å²) in [6.45, 7) is 1.41. The molecule has 1 aromatic heterocycles. The monoisotopic (exact) mass is 288 g/mol. The SMILES string of the molecule is O=C(Nc1ccc(Cl)nn1)C1CNCc2ccccc21. The van der Waals surface area contributed by atoms with Gasteiger partial charge in [-0.2, -0.15) is 0 Å². The summed E-state index contributed by atoms with van der Waals surface area (Å²) in [4.78, 5) is 12.4. The van der Waals surface area contributed by atoms with E-state index in [2.05, 4.69) is 20.8 Å². The summed E-state index contributed by atoms with van der Waals surface area (Å²) in [5.41, 5.74) is 2.21. The van der Waals surface area contributed by atoms with Gasteiger partial charge in [0, 0.05) is 13.1 Å². The molecule has 1 atom stereocenters. The molecular weight excluding hydrogens is 276 g/mol. The van der Waals surface area contributed by atoms with Crippen LogP contribution in [0.1, 0.15) is 17.0 Å². The van der Waals surface area contributed by atoms with Crippen LogP contribution < -0.4 is 10.6 Å². The van der Waals surface area contributed by atoms with Gasteiger partial charge in [0.1, 0.15) is 0 Å². The molecule has 0 fully saturated rings. The molecule has 1 aliphatic rings. The smallest absolute Gasteiger partial charge is 0.234 e. The number of aromatic nitrogens is 2. The van der Waals surface area contributed by atoms with Crippen LogP contribution in [0.3, 0.4) is 0 Å². The number of nitrogens with zero attached hydrogens (tertiary/aromatic N) is 2. The zero-order chi connectivity index (χ0) is 13.9. The third kappa shape index (κ3) is 2.64. The van der Waals surface area contributed by atoms with E-state index in [1.807, 2.05) is 24.3 Å². The van der Waals surface area contributed by atoms with Crippen LogP contribution in [0.4, 0.5) is 5.82 Å². The highest BCUT2D eigenvalue weighted by molar-refractivity contribution is 6.29. The van der Waals surface area contributed by atoms with Crippen LogP contribution in [-0.2, 0) is 11.3 Å². The molecule has 0 bridgehead atoms.